The number of anilines is 1. The smallest absolute Gasteiger partial charge is 0.154 e. The number of hydrogen-bond donors (Lipinski definition) is 2. The van der Waals surface area contributed by atoms with Crippen LogP contribution in [0.4, 0.5) is 5.82 Å². The maximum atomic E-state index is 5.83. The number of nitrogens with one attached hydrogen (secondary N) is 1. The van der Waals surface area contributed by atoms with Crippen LogP contribution >= 0.6 is 11.3 Å². The molecule has 3 nitrogen and oxygen atoms in total. The summed E-state index contributed by atoms with van der Waals surface area (Å²) in [6.07, 6.45) is 2.09. The van der Waals surface area contributed by atoms with Crippen molar-refractivity contribution in [1.82, 2.24) is 10.2 Å². The summed E-state index contributed by atoms with van der Waals surface area (Å²) in [5, 5.41) is 9.10. The van der Waals surface area contributed by atoms with E-state index in [2.05, 4.69) is 28.6 Å². The molecule has 0 saturated heterocycles. The second-order valence-corrected chi connectivity index (χ2v) is 4.14. The predicted octanol–water partition coefficient (Wildman–Crippen LogP) is 2.67. The molecule has 0 saturated carbocycles. The van der Waals surface area contributed by atoms with Crippen LogP contribution in [0.2, 0.25) is 0 Å². The Labute approximate surface area is 87.0 Å². The van der Waals surface area contributed by atoms with Gasteiger partial charge in [0.05, 0.1) is 5.56 Å². The standard InChI is InChI=1S/C10H13N3S/c1-2-4-7-9(10(11)13-12-7)8-5-3-6-14-8/h3,5-6H,2,4H2,1H3,(H3,11,12,13). The van der Waals surface area contributed by atoms with E-state index in [-0.39, 0.29) is 0 Å². The lowest BCUT2D eigenvalue weighted by Gasteiger charge is -1.99. The van der Waals surface area contributed by atoms with E-state index >= 15 is 0 Å². The van der Waals surface area contributed by atoms with Gasteiger partial charge in [-0.25, -0.2) is 0 Å². The Morgan fingerprint density at radius 3 is 3.07 bits per heavy atom. The molecule has 14 heavy (non-hydrogen) atoms. The maximum absolute atomic E-state index is 5.83. The van der Waals surface area contributed by atoms with Gasteiger partial charge < -0.3 is 5.73 Å². The van der Waals surface area contributed by atoms with Crippen LogP contribution in [-0.2, 0) is 6.42 Å². The third-order valence-corrected chi connectivity index (χ3v) is 3.02. The number of nitrogen functional groups attached to an aromatic ring is 1. The Bertz CT molecular complexity index is 403. The Hall–Kier alpha value is -1.29. The molecule has 2 aromatic heterocycles. The van der Waals surface area contributed by atoms with Crippen LogP contribution in [0.1, 0.15) is 19.0 Å². The van der Waals surface area contributed by atoms with Gasteiger partial charge in [0.25, 0.3) is 0 Å². The zero-order valence-electron chi connectivity index (χ0n) is 8.08. The largest absolute Gasteiger partial charge is 0.382 e. The average Bonchev–Trinajstić information content (AvgIpc) is 2.76. The van der Waals surface area contributed by atoms with Gasteiger partial charge in [0.2, 0.25) is 0 Å². The van der Waals surface area contributed by atoms with Crippen molar-refractivity contribution in [1.29, 1.82) is 0 Å². The molecule has 0 aliphatic carbocycles. The van der Waals surface area contributed by atoms with Gasteiger partial charge in [0, 0.05) is 10.6 Å². The van der Waals surface area contributed by atoms with Gasteiger partial charge in [0.1, 0.15) is 0 Å². The summed E-state index contributed by atoms with van der Waals surface area (Å²) in [6, 6.07) is 4.10. The van der Waals surface area contributed by atoms with E-state index in [1.165, 1.54) is 4.88 Å². The van der Waals surface area contributed by atoms with Crippen molar-refractivity contribution < 1.29 is 0 Å². The van der Waals surface area contributed by atoms with E-state index in [4.69, 9.17) is 5.73 Å². The molecule has 2 rings (SSSR count). The summed E-state index contributed by atoms with van der Waals surface area (Å²) in [7, 11) is 0. The highest BCUT2D eigenvalue weighted by atomic mass is 32.1. The molecular formula is C10H13N3S. The summed E-state index contributed by atoms with van der Waals surface area (Å²) >= 11 is 1.69. The van der Waals surface area contributed by atoms with E-state index < -0.39 is 0 Å². The van der Waals surface area contributed by atoms with Crippen molar-refractivity contribution in [2.24, 2.45) is 0 Å². The summed E-state index contributed by atoms with van der Waals surface area (Å²) in [4.78, 5) is 1.19. The van der Waals surface area contributed by atoms with Gasteiger partial charge >= 0.3 is 0 Å². The molecule has 74 valence electrons. The maximum Gasteiger partial charge on any atom is 0.154 e. The highest BCUT2D eigenvalue weighted by Gasteiger charge is 2.12. The number of aryl methyl sites for hydroxylation is 1. The monoisotopic (exact) mass is 207 g/mol. The van der Waals surface area contributed by atoms with Crippen LogP contribution in [0.5, 0.6) is 0 Å². The summed E-state index contributed by atoms with van der Waals surface area (Å²) < 4.78 is 0. The van der Waals surface area contributed by atoms with Gasteiger partial charge in [0.15, 0.2) is 5.82 Å². The zero-order chi connectivity index (χ0) is 9.97. The average molecular weight is 207 g/mol. The highest BCUT2D eigenvalue weighted by Crippen LogP contribution is 2.31. The molecule has 3 N–H and O–H groups in total. The Morgan fingerprint density at radius 1 is 1.57 bits per heavy atom. The number of rotatable bonds is 3. The first-order chi connectivity index (χ1) is 6.83. The molecule has 0 spiro atoms. The number of nitrogens with two attached hydrogens (primary N) is 1. The first-order valence-corrected chi connectivity index (χ1v) is 5.57. The number of aromatic amines is 1. The summed E-state index contributed by atoms with van der Waals surface area (Å²) in [5.74, 6) is 0.607. The molecule has 0 atom stereocenters. The van der Waals surface area contributed by atoms with Gasteiger partial charge in [-0.05, 0) is 17.9 Å². The second kappa shape index (κ2) is 3.84. The topological polar surface area (TPSA) is 54.7 Å². The minimum atomic E-state index is 0.607. The van der Waals surface area contributed by atoms with Crippen LogP contribution in [0.15, 0.2) is 17.5 Å². The molecule has 0 aliphatic heterocycles. The second-order valence-electron chi connectivity index (χ2n) is 3.19. The molecule has 0 aromatic carbocycles. The van der Waals surface area contributed by atoms with Gasteiger partial charge in [-0.1, -0.05) is 19.4 Å². The van der Waals surface area contributed by atoms with Gasteiger partial charge in [-0.3, -0.25) is 5.10 Å². The van der Waals surface area contributed by atoms with Crippen molar-refractivity contribution in [2.75, 3.05) is 5.73 Å². The molecule has 2 heterocycles. The summed E-state index contributed by atoms with van der Waals surface area (Å²) in [5.41, 5.74) is 8.06. The van der Waals surface area contributed by atoms with Gasteiger partial charge in [-0.15, -0.1) is 11.3 Å². The lowest BCUT2D eigenvalue weighted by atomic mass is 10.1. The van der Waals surface area contributed by atoms with Crippen LogP contribution in [0.3, 0.4) is 0 Å². The van der Waals surface area contributed by atoms with Crippen LogP contribution < -0.4 is 5.73 Å². The number of nitrogens with zero attached hydrogens (tertiary/aromatic N) is 1. The normalized spacial score (nSPS) is 10.6. The van der Waals surface area contributed by atoms with Crippen molar-refractivity contribution in [3.05, 3.63) is 23.2 Å². The Kier molecular flexibility index (Phi) is 2.54. The van der Waals surface area contributed by atoms with E-state index in [0.29, 0.717) is 5.82 Å². The van der Waals surface area contributed by atoms with Gasteiger partial charge in [-0.2, -0.15) is 5.10 Å². The minimum absolute atomic E-state index is 0.607. The number of aromatic nitrogens is 2. The fourth-order valence-corrected chi connectivity index (χ4v) is 2.33. The Balaban J connectivity index is 2.45. The fourth-order valence-electron chi connectivity index (χ4n) is 1.52. The third kappa shape index (κ3) is 1.53. The predicted molar refractivity (Wildman–Crippen MR) is 60.3 cm³/mol. The van der Waals surface area contributed by atoms with Crippen molar-refractivity contribution in [3.63, 3.8) is 0 Å². The van der Waals surface area contributed by atoms with Crippen LogP contribution in [0.25, 0.3) is 10.4 Å². The van der Waals surface area contributed by atoms with E-state index in [0.717, 1.165) is 24.1 Å². The van der Waals surface area contributed by atoms with E-state index in [1.807, 2.05) is 6.07 Å². The summed E-state index contributed by atoms with van der Waals surface area (Å²) in [6.45, 7) is 2.15. The number of H-pyrrole nitrogens is 1. The minimum Gasteiger partial charge on any atom is -0.382 e. The lowest BCUT2D eigenvalue weighted by Crippen LogP contribution is -1.88. The molecule has 0 aliphatic rings. The van der Waals surface area contributed by atoms with Crippen LogP contribution in [0, 0.1) is 0 Å². The lowest BCUT2D eigenvalue weighted by molar-refractivity contribution is 0.869. The molecule has 2 aromatic rings. The number of thiophene rings is 1. The quantitative estimate of drug-likeness (QED) is 0.813. The van der Waals surface area contributed by atoms with Crippen molar-refractivity contribution in [2.45, 2.75) is 19.8 Å². The first-order valence-electron chi connectivity index (χ1n) is 4.69. The fraction of sp³-hybridized carbons (Fsp3) is 0.300. The highest BCUT2D eigenvalue weighted by molar-refractivity contribution is 7.13. The zero-order valence-corrected chi connectivity index (χ0v) is 8.90. The molecule has 0 bridgehead atoms. The number of hydrogen-bond acceptors (Lipinski definition) is 3. The molecule has 0 unspecified atom stereocenters. The third-order valence-electron chi connectivity index (χ3n) is 2.14. The molecule has 0 amide bonds. The van der Waals surface area contributed by atoms with E-state index in [9.17, 15) is 0 Å². The SMILES string of the molecule is CCCc1[nH]nc(N)c1-c1cccs1. The molecule has 0 fully saturated rings. The Morgan fingerprint density at radius 2 is 2.43 bits per heavy atom. The first kappa shape index (κ1) is 9.27. The van der Waals surface area contributed by atoms with E-state index in [1.54, 1.807) is 11.3 Å². The molecular weight excluding hydrogens is 194 g/mol. The van der Waals surface area contributed by atoms with Crippen molar-refractivity contribution in [3.8, 4) is 10.4 Å². The molecule has 4 heteroatoms. The molecule has 0 radical (unpaired) electrons. The van der Waals surface area contributed by atoms with Crippen molar-refractivity contribution >= 4 is 17.2 Å². The van der Waals surface area contributed by atoms with Crippen LogP contribution in [-0.4, -0.2) is 10.2 Å².